The molecule has 0 N–H and O–H groups in total. The first-order valence-corrected chi connectivity index (χ1v) is 10.4. The number of hydrazone groups is 1. The Hall–Kier alpha value is -3.64. The lowest BCUT2D eigenvalue weighted by atomic mass is 9.98. The molecule has 1 heterocycles. The highest BCUT2D eigenvalue weighted by Gasteiger charge is 2.33. The average Bonchev–Trinajstić information content (AvgIpc) is 3.29. The highest BCUT2D eigenvalue weighted by atomic mass is 35.5. The molecular weight excluding hydrogens is 428 g/mol. The quantitative estimate of drug-likeness (QED) is 0.481. The Morgan fingerprint density at radius 2 is 1.84 bits per heavy atom. The van der Waals surface area contributed by atoms with Crippen molar-refractivity contribution in [1.82, 2.24) is 5.01 Å². The number of methoxy groups -OCH3 is 1. The third-order valence-electron chi connectivity index (χ3n) is 5.20. The maximum atomic E-state index is 13.1. The lowest BCUT2D eigenvalue weighted by molar-refractivity contribution is -0.135. The van der Waals surface area contributed by atoms with Crippen LogP contribution in [0, 0.1) is 0 Å². The zero-order chi connectivity index (χ0) is 22.5. The predicted octanol–water partition coefficient (Wildman–Crippen LogP) is 4.92. The zero-order valence-electron chi connectivity index (χ0n) is 17.4. The van der Waals surface area contributed by atoms with Crippen molar-refractivity contribution in [3.05, 3.63) is 94.5 Å². The van der Waals surface area contributed by atoms with Gasteiger partial charge in [0.15, 0.2) is 18.1 Å². The fraction of sp³-hybridized carbons (Fsp3) is 0.160. The highest BCUT2D eigenvalue weighted by Crippen LogP contribution is 2.34. The van der Waals surface area contributed by atoms with Gasteiger partial charge in [0.2, 0.25) is 0 Å². The number of rotatable bonds is 7. The molecule has 0 spiro atoms. The van der Waals surface area contributed by atoms with Gasteiger partial charge in [-0.15, -0.1) is 0 Å². The van der Waals surface area contributed by atoms with Crippen LogP contribution in [0.3, 0.4) is 0 Å². The molecule has 0 aromatic heterocycles. The number of nitrogens with zero attached hydrogens (tertiary/aromatic N) is 2. The fourth-order valence-corrected chi connectivity index (χ4v) is 3.70. The van der Waals surface area contributed by atoms with Crippen molar-refractivity contribution >= 4 is 29.5 Å². The largest absolute Gasteiger partial charge is 0.493 e. The number of ether oxygens (including phenoxy) is 2. The lowest BCUT2D eigenvalue weighted by Crippen LogP contribution is -2.31. The predicted molar refractivity (Wildman–Crippen MR) is 123 cm³/mol. The number of halogens is 1. The summed E-state index contributed by atoms with van der Waals surface area (Å²) in [5.41, 5.74) is 3.19. The SMILES string of the molecule is COc1cc(C=O)ccc1OCC(=O)N1N=C(c2ccccc2)CC1c1ccc(Cl)cc1. The van der Waals surface area contributed by atoms with Crippen LogP contribution in [0.15, 0.2) is 77.9 Å². The Labute approximate surface area is 191 Å². The maximum Gasteiger partial charge on any atom is 0.281 e. The summed E-state index contributed by atoms with van der Waals surface area (Å²) in [5.74, 6) is 0.463. The molecule has 0 bridgehead atoms. The summed E-state index contributed by atoms with van der Waals surface area (Å²) in [6, 6.07) is 21.7. The van der Waals surface area contributed by atoms with Crippen LogP contribution >= 0.6 is 11.6 Å². The van der Waals surface area contributed by atoms with Gasteiger partial charge >= 0.3 is 0 Å². The van der Waals surface area contributed by atoms with Gasteiger partial charge in [0.1, 0.15) is 6.29 Å². The van der Waals surface area contributed by atoms with Gasteiger partial charge in [-0.3, -0.25) is 9.59 Å². The number of aldehydes is 1. The minimum absolute atomic E-state index is 0.230. The monoisotopic (exact) mass is 448 g/mol. The summed E-state index contributed by atoms with van der Waals surface area (Å²) < 4.78 is 11.0. The summed E-state index contributed by atoms with van der Waals surface area (Å²) in [6.45, 7) is -0.230. The van der Waals surface area contributed by atoms with Gasteiger partial charge in [0, 0.05) is 17.0 Å². The first kappa shape index (κ1) is 21.6. The van der Waals surface area contributed by atoms with E-state index in [2.05, 4.69) is 5.10 Å². The Kier molecular flexibility index (Phi) is 6.52. The Bertz CT molecular complexity index is 1150. The summed E-state index contributed by atoms with van der Waals surface area (Å²) in [5, 5.41) is 6.73. The zero-order valence-corrected chi connectivity index (χ0v) is 18.2. The molecule has 0 aliphatic carbocycles. The molecular formula is C25H21ClN2O4. The number of hydrogen-bond donors (Lipinski definition) is 0. The van der Waals surface area contributed by atoms with Gasteiger partial charge in [-0.25, -0.2) is 5.01 Å². The van der Waals surface area contributed by atoms with Crippen LogP contribution in [0.2, 0.25) is 5.02 Å². The van der Waals surface area contributed by atoms with Gasteiger partial charge in [0.25, 0.3) is 5.91 Å². The van der Waals surface area contributed by atoms with Crippen LogP contribution in [0.5, 0.6) is 11.5 Å². The molecule has 3 aromatic carbocycles. The van der Waals surface area contributed by atoms with E-state index < -0.39 is 0 Å². The Balaban J connectivity index is 1.57. The topological polar surface area (TPSA) is 68.2 Å². The van der Waals surface area contributed by atoms with Crippen molar-refractivity contribution in [2.24, 2.45) is 5.10 Å². The minimum atomic E-state index is -0.294. The van der Waals surface area contributed by atoms with Crippen LogP contribution < -0.4 is 9.47 Å². The van der Waals surface area contributed by atoms with E-state index in [1.165, 1.54) is 12.1 Å². The Morgan fingerprint density at radius 1 is 1.09 bits per heavy atom. The van der Waals surface area contributed by atoms with Gasteiger partial charge in [0.05, 0.1) is 18.9 Å². The van der Waals surface area contributed by atoms with Crippen LogP contribution in [-0.2, 0) is 4.79 Å². The van der Waals surface area contributed by atoms with E-state index >= 15 is 0 Å². The number of benzene rings is 3. The molecule has 4 rings (SSSR count). The van der Waals surface area contributed by atoms with E-state index in [9.17, 15) is 9.59 Å². The second kappa shape index (κ2) is 9.66. The molecule has 1 atom stereocenters. The van der Waals surface area contributed by atoms with Crippen molar-refractivity contribution in [1.29, 1.82) is 0 Å². The molecule has 1 aliphatic rings. The van der Waals surface area contributed by atoms with E-state index in [4.69, 9.17) is 21.1 Å². The van der Waals surface area contributed by atoms with E-state index in [0.29, 0.717) is 28.5 Å². The molecule has 0 fully saturated rings. The standard InChI is InChI=1S/C25H21ClN2O4/c1-31-24-13-17(15-29)7-12-23(24)32-16-25(30)28-22(19-8-10-20(26)11-9-19)14-21(27-28)18-5-3-2-4-6-18/h2-13,15,22H,14,16H2,1H3. The second-order valence-electron chi connectivity index (χ2n) is 7.24. The molecule has 0 saturated carbocycles. The first-order chi connectivity index (χ1) is 15.6. The second-order valence-corrected chi connectivity index (χ2v) is 7.68. The Morgan fingerprint density at radius 3 is 2.53 bits per heavy atom. The number of hydrogen-bond acceptors (Lipinski definition) is 5. The summed E-state index contributed by atoms with van der Waals surface area (Å²) >= 11 is 6.05. The third kappa shape index (κ3) is 4.65. The molecule has 1 unspecified atom stereocenters. The molecule has 32 heavy (non-hydrogen) atoms. The van der Waals surface area contributed by atoms with Crippen LogP contribution in [0.1, 0.15) is 33.9 Å². The molecule has 6 nitrogen and oxygen atoms in total. The number of amides is 1. The van der Waals surface area contributed by atoms with Crippen LogP contribution in [0.25, 0.3) is 0 Å². The highest BCUT2D eigenvalue weighted by molar-refractivity contribution is 6.30. The molecule has 1 aliphatic heterocycles. The van der Waals surface area contributed by atoms with Crippen molar-refractivity contribution in [2.45, 2.75) is 12.5 Å². The molecule has 0 saturated heterocycles. The summed E-state index contributed by atoms with van der Waals surface area (Å²) in [7, 11) is 1.48. The molecule has 7 heteroatoms. The van der Waals surface area contributed by atoms with Crippen molar-refractivity contribution < 1.29 is 19.1 Å². The maximum absolute atomic E-state index is 13.1. The minimum Gasteiger partial charge on any atom is -0.493 e. The van der Waals surface area contributed by atoms with Crippen molar-refractivity contribution in [3.63, 3.8) is 0 Å². The summed E-state index contributed by atoms with van der Waals surface area (Å²) in [4.78, 5) is 24.1. The number of carbonyl (C=O) groups is 2. The van der Waals surface area contributed by atoms with E-state index in [1.54, 1.807) is 30.3 Å². The van der Waals surface area contributed by atoms with Gasteiger partial charge in [-0.2, -0.15) is 5.10 Å². The molecule has 1 amide bonds. The van der Waals surface area contributed by atoms with Gasteiger partial charge in [-0.05, 0) is 41.5 Å². The van der Waals surface area contributed by atoms with Crippen LogP contribution in [-0.4, -0.2) is 36.6 Å². The van der Waals surface area contributed by atoms with E-state index in [1.807, 2.05) is 42.5 Å². The fourth-order valence-electron chi connectivity index (χ4n) is 3.57. The normalized spacial score (nSPS) is 15.2. The molecule has 3 aromatic rings. The summed E-state index contributed by atoms with van der Waals surface area (Å²) in [6.07, 6.45) is 1.30. The van der Waals surface area contributed by atoms with Crippen LogP contribution in [0.4, 0.5) is 0 Å². The molecule has 162 valence electrons. The van der Waals surface area contributed by atoms with Crippen molar-refractivity contribution in [3.8, 4) is 11.5 Å². The smallest absolute Gasteiger partial charge is 0.281 e. The first-order valence-electron chi connectivity index (χ1n) is 10.1. The third-order valence-corrected chi connectivity index (χ3v) is 5.45. The van der Waals surface area contributed by atoms with Gasteiger partial charge in [-0.1, -0.05) is 54.1 Å². The van der Waals surface area contributed by atoms with E-state index in [0.717, 1.165) is 23.1 Å². The average molecular weight is 449 g/mol. The van der Waals surface area contributed by atoms with E-state index in [-0.39, 0.29) is 18.6 Å². The van der Waals surface area contributed by atoms with Crippen molar-refractivity contribution in [2.75, 3.05) is 13.7 Å². The van der Waals surface area contributed by atoms with Gasteiger partial charge < -0.3 is 9.47 Å². The lowest BCUT2D eigenvalue weighted by Gasteiger charge is -2.22. The number of carbonyl (C=O) groups excluding carboxylic acids is 2. The molecule has 0 radical (unpaired) electrons.